The summed E-state index contributed by atoms with van der Waals surface area (Å²) in [6, 6.07) is 7.53. The van der Waals surface area contributed by atoms with Crippen LogP contribution < -0.4 is 10.0 Å². The Hall–Kier alpha value is -1.50. The van der Waals surface area contributed by atoms with Crippen molar-refractivity contribution in [2.75, 3.05) is 16.6 Å². The highest BCUT2D eigenvalue weighted by atomic mass is 35.5. The lowest BCUT2D eigenvalue weighted by molar-refractivity contribution is 0.601. The van der Waals surface area contributed by atoms with Crippen LogP contribution in [0.1, 0.15) is 20.3 Å². The quantitative estimate of drug-likeness (QED) is 0.725. The van der Waals surface area contributed by atoms with Gasteiger partial charge in [-0.2, -0.15) is 0 Å². The van der Waals surface area contributed by atoms with E-state index in [4.69, 9.17) is 23.2 Å². The first kappa shape index (κ1) is 18.8. The number of benzene rings is 1. The van der Waals surface area contributed by atoms with E-state index in [9.17, 15) is 8.42 Å². The van der Waals surface area contributed by atoms with Crippen molar-refractivity contribution in [2.45, 2.75) is 25.2 Å². The Kier molecular flexibility index (Phi) is 6.32. The van der Waals surface area contributed by atoms with Crippen molar-refractivity contribution in [3.8, 4) is 0 Å². The van der Waals surface area contributed by atoms with Crippen LogP contribution in [0.2, 0.25) is 10.0 Å². The minimum Gasteiger partial charge on any atom is -0.370 e. The Morgan fingerprint density at radius 1 is 1.12 bits per heavy atom. The van der Waals surface area contributed by atoms with Gasteiger partial charge in [-0.05, 0) is 42.7 Å². The van der Waals surface area contributed by atoms with E-state index in [1.807, 2.05) is 0 Å². The van der Waals surface area contributed by atoms with Gasteiger partial charge in [0.05, 0.1) is 26.8 Å². The Balaban J connectivity index is 2.05. The minimum absolute atomic E-state index is 0.0380. The fourth-order valence-electron chi connectivity index (χ4n) is 1.91. The van der Waals surface area contributed by atoms with Gasteiger partial charge in [-0.25, -0.2) is 13.4 Å². The van der Waals surface area contributed by atoms with Gasteiger partial charge in [-0.3, -0.25) is 4.72 Å². The normalized spacial score (nSPS) is 11.5. The van der Waals surface area contributed by atoms with Crippen LogP contribution in [0.3, 0.4) is 0 Å². The predicted octanol–water partition coefficient (Wildman–Crippen LogP) is 4.65. The number of nitrogens with one attached hydrogen (secondary N) is 2. The van der Waals surface area contributed by atoms with Crippen LogP contribution in [0.4, 0.5) is 11.5 Å². The number of hydrogen-bond donors (Lipinski definition) is 2. The molecular formula is C16H19Cl2N3O2S. The maximum atomic E-state index is 12.3. The molecule has 0 aliphatic carbocycles. The first-order valence-corrected chi connectivity index (χ1v) is 9.69. The van der Waals surface area contributed by atoms with Crippen LogP contribution in [0.5, 0.6) is 0 Å². The van der Waals surface area contributed by atoms with Gasteiger partial charge in [-0.15, -0.1) is 0 Å². The number of pyridine rings is 1. The molecule has 0 radical (unpaired) electrons. The molecule has 0 saturated heterocycles. The Labute approximate surface area is 152 Å². The monoisotopic (exact) mass is 387 g/mol. The largest absolute Gasteiger partial charge is 0.370 e. The van der Waals surface area contributed by atoms with E-state index >= 15 is 0 Å². The topological polar surface area (TPSA) is 71.1 Å². The van der Waals surface area contributed by atoms with E-state index in [1.54, 1.807) is 12.1 Å². The average molecular weight is 388 g/mol. The third-order valence-corrected chi connectivity index (χ3v) is 5.36. The molecule has 1 heterocycles. The summed E-state index contributed by atoms with van der Waals surface area (Å²) in [5.41, 5.74) is 0.371. The SMILES string of the molecule is CC(C)CCNc1ccc(NS(=O)(=O)c2ccc(Cl)c(Cl)c2)cn1. The van der Waals surface area contributed by atoms with Crippen molar-refractivity contribution in [3.05, 3.63) is 46.6 Å². The lowest BCUT2D eigenvalue weighted by Gasteiger charge is -2.10. The van der Waals surface area contributed by atoms with E-state index in [0.29, 0.717) is 22.4 Å². The molecule has 1 aromatic carbocycles. The molecule has 0 aliphatic rings. The molecule has 2 N–H and O–H groups in total. The van der Waals surface area contributed by atoms with Crippen LogP contribution in [0, 0.1) is 5.92 Å². The molecule has 0 saturated carbocycles. The number of halogens is 2. The lowest BCUT2D eigenvalue weighted by atomic mass is 10.1. The molecule has 0 amide bonds. The molecule has 0 unspecified atom stereocenters. The van der Waals surface area contributed by atoms with Gasteiger partial charge in [0.15, 0.2) is 0 Å². The first-order chi connectivity index (χ1) is 11.3. The molecule has 0 aliphatic heterocycles. The van der Waals surface area contributed by atoms with E-state index in [-0.39, 0.29) is 9.92 Å². The number of aromatic nitrogens is 1. The summed E-state index contributed by atoms with van der Waals surface area (Å²) in [6.07, 6.45) is 2.50. The highest BCUT2D eigenvalue weighted by molar-refractivity contribution is 7.92. The summed E-state index contributed by atoms with van der Waals surface area (Å²) >= 11 is 11.7. The zero-order valence-electron chi connectivity index (χ0n) is 13.4. The molecule has 1 aromatic heterocycles. The Morgan fingerprint density at radius 3 is 2.46 bits per heavy atom. The summed E-state index contributed by atoms with van der Waals surface area (Å²) in [5.74, 6) is 1.31. The van der Waals surface area contributed by atoms with Gasteiger partial charge in [0, 0.05) is 6.54 Å². The lowest BCUT2D eigenvalue weighted by Crippen LogP contribution is -2.13. The summed E-state index contributed by atoms with van der Waals surface area (Å²) < 4.78 is 27.1. The Bertz CT molecular complexity index is 793. The van der Waals surface area contributed by atoms with Crippen molar-refractivity contribution < 1.29 is 8.42 Å². The van der Waals surface area contributed by atoms with Crippen molar-refractivity contribution in [1.82, 2.24) is 4.98 Å². The second kappa shape index (κ2) is 8.05. The van der Waals surface area contributed by atoms with Crippen LogP contribution in [0.25, 0.3) is 0 Å². The van der Waals surface area contributed by atoms with Crippen molar-refractivity contribution in [1.29, 1.82) is 0 Å². The van der Waals surface area contributed by atoms with Gasteiger partial charge >= 0.3 is 0 Å². The molecule has 24 heavy (non-hydrogen) atoms. The zero-order chi connectivity index (χ0) is 17.7. The van der Waals surface area contributed by atoms with Gasteiger partial charge < -0.3 is 5.32 Å². The molecule has 5 nitrogen and oxygen atoms in total. The second-order valence-corrected chi connectivity index (χ2v) is 8.22. The molecule has 0 atom stereocenters. The number of rotatable bonds is 7. The summed E-state index contributed by atoms with van der Waals surface area (Å²) in [5, 5.41) is 3.67. The van der Waals surface area contributed by atoms with Crippen LogP contribution in [-0.4, -0.2) is 19.9 Å². The van der Waals surface area contributed by atoms with E-state index in [0.717, 1.165) is 13.0 Å². The Morgan fingerprint density at radius 2 is 1.88 bits per heavy atom. The highest BCUT2D eigenvalue weighted by Gasteiger charge is 2.15. The number of hydrogen-bond acceptors (Lipinski definition) is 4. The summed E-state index contributed by atoms with van der Waals surface area (Å²) in [4.78, 5) is 4.24. The third-order valence-electron chi connectivity index (χ3n) is 3.24. The standard InChI is InChI=1S/C16H19Cl2N3O2S/c1-11(2)7-8-19-16-6-3-12(10-20-16)21-24(22,23)13-4-5-14(17)15(18)9-13/h3-6,9-11,21H,7-8H2,1-2H3,(H,19,20). The molecule has 8 heteroatoms. The predicted molar refractivity (Wildman–Crippen MR) is 99.5 cm³/mol. The van der Waals surface area contributed by atoms with E-state index < -0.39 is 10.0 Å². The molecular weight excluding hydrogens is 369 g/mol. The fourth-order valence-corrected chi connectivity index (χ4v) is 3.34. The summed E-state index contributed by atoms with van der Waals surface area (Å²) in [6.45, 7) is 5.12. The summed E-state index contributed by atoms with van der Waals surface area (Å²) in [7, 11) is -3.75. The van der Waals surface area contributed by atoms with Crippen LogP contribution >= 0.6 is 23.2 Å². The first-order valence-electron chi connectivity index (χ1n) is 7.46. The van der Waals surface area contributed by atoms with Crippen LogP contribution in [0.15, 0.2) is 41.4 Å². The fraction of sp³-hybridized carbons (Fsp3) is 0.312. The number of sulfonamides is 1. The molecule has 0 bridgehead atoms. The minimum atomic E-state index is -3.75. The average Bonchev–Trinajstić information content (AvgIpc) is 2.51. The van der Waals surface area contributed by atoms with E-state index in [2.05, 4.69) is 28.9 Å². The highest BCUT2D eigenvalue weighted by Crippen LogP contribution is 2.26. The van der Waals surface area contributed by atoms with Crippen molar-refractivity contribution >= 4 is 44.7 Å². The molecule has 0 spiro atoms. The molecule has 0 fully saturated rings. The van der Waals surface area contributed by atoms with Crippen molar-refractivity contribution in [3.63, 3.8) is 0 Å². The van der Waals surface area contributed by atoms with Gasteiger partial charge in [0.1, 0.15) is 5.82 Å². The van der Waals surface area contributed by atoms with Crippen molar-refractivity contribution in [2.24, 2.45) is 5.92 Å². The maximum absolute atomic E-state index is 12.3. The van der Waals surface area contributed by atoms with Gasteiger partial charge in [0.25, 0.3) is 10.0 Å². The number of anilines is 2. The zero-order valence-corrected chi connectivity index (χ0v) is 15.7. The smallest absolute Gasteiger partial charge is 0.261 e. The van der Waals surface area contributed by atoms with E-state index in [1.165, 1.54) is 24.4 Å². The molecule has 2 rings (SSSR count). The van der Waals surface area contributed by atoms with Crippen LogP contribution in [-0.2, 0) is 10.0 Å². The second-order valence-electron chi connectivity index (χ2n) is 5.72. The van der Waals surface area contributed by atoms with Gasteiger partial charge in [-0.1, -0.05) is 37.0 Å². The maximum Gasteiger partial charge on any atom is 0.261 e. The number of nitrogens with zero attached hydrogens (tertiary/aromatic N) is 1. The van der Waals surface area contributed by atoms with Gasteiger partial charge in [0.2, 0.25) is 0 Å². The molecule has 130 valence electrons. The third kappa shape index (κ3) is 5.26. The molecule has 2 aromatic rings.